The second-order valence-corrected chi connectivity index (χ2v) is 6.40. The van der Waals surface area contributed by atoms with Gasteiger partial charge in [0.1, 0.15) is 11.6 Å². The lowest BCUT2D eigenvalue weighted by Crippen LogP contribution is -2.35. The first-order valence-corrected chi connectivity index (χ1v) is 7.08. The monoisotopic (exact) mass is 282 g/mol. The second kappa shape index (κ2) is 7.60. The van der Waals surface area contributed by atoms with E-state index in [1.54, 1.807) is 6.07 Å². The summed E-state index contributed by atoms with van der Waals surface area (Å²) in [6, 6.07) is 4.89. The van der Waals surface area contributed by atoms with Crippen molar-refractivity contribution in [2.45, 2.75) is 39.3 Å². The second-order valence-electron chi connectivity index (χ2n) is 6.40. The first kappa shape index (κ1) is 16.9. The SMILES string of the molecule is CN(C)CCCOc1cc(F)cc(CNC(C)(C)C)c1. The highest BCUT2D eigenvalue weighted by Crippen LogP contribution is 2.17. The fraction of sp³-hybridized carbons (Fsp3) is 0.625. The van der Waals surface area contributed by atoms with Crippen LogP contribution < -0.4 is 10.1 Å². The van der Waals surface area contributed by atoms with Gasteiger partial charge in [-0.1, -0.05) is 0 Å². The van der Waals surface area contributed by atoms with Gasteiger partial charge in [-0.2, -0.15) is 0 Å². The third-order valence-electron chi connectivity index (χ3n) is 2.77. The molecule has 114 valence electrons. The van der Waals surface area contributed by atoms with Crippen LogP contribution in [0.15, 0.2) is 18.2 Å². The standard InChI is InChI=1S/C16H27FN2O/c1-16(2,3)18-12-13-9-14(17)11-15(10-13)20-8-6-7-19(4)5/h9-11,18H,6-8,12H2,1-5H3. The largest absolute Gasteiger partial charge is 0.493 e. The molecule has 0 spiro atoms. The maximum atomic E-state index is 13.6. The molecule has 1 aromatic rings. The molecule has 0 unspecified atom stereocenters. The molecule has 0 aromatic heterocycles. The van der Waals surface area contributed by atoms with Crippen molar-refractivity contribution >= 4 is 0 Å². The van der Waals surface area contributed by atoms with E-state index in [1.807, 2.05) is 20.2 Å². The first-order chi connectivity index (χ1) is 9.26. The number of rotatable bonds is 7. The van der Waals surface area contributed by atoms with Crippen molar-refractivity contribution in [3.05, 3.63) is 29.6 Å². The van der Waals surface area contributed by atoms with Crippen molar-refractivity contribution < 1.29 is 9.13 Å². The van der Waals surface area contributed by atoms with Crippen molar-refractivity contribution in [1.29, 1.82) is 0 Å². The number of benzene rings is 1. The van der Waals surface area contributed by atoms with Crippen LogP contribution in [0.25, 0.3) is 0 Å². The van der Waals surface area contributed by atoms with E-state index >= 15 is 0 Å². The third-order valence-corrected chi connectivity index (χ3v) is 2.77. The molecule has 0 amide bonds. The van der Waals surface area contributed by atoms with Crippen LogP contribution in [0, 0.1) is 5.82 Å². The molecular weight excluding hydrogens is 255 g/mol. The van der Waals surface area contributed by atoms with Gasteiger partial charge in [0.2, 0.25) is 0 Å². The zero-order chi connectivity index (χ0) is 15.2. The molecule has 0 heterocycles. The zero-order valence-electron chi connectivity index (χ0n) is 13.3. The Morgan fingerprint density at radius 2 is 1.90 bits per heavy atom. The van der Waals surface area contributed by atoms with Gasteiger partial charge in [-0.3, -0.25) is 0 Å². The topological polar surface area (TPSA) is 24.5 Å². The van der Waals surface area contributed by atoms with Crippen LogP contribution in [0.2, 0.25) is 0 Å². The van der Waals surface area contributed by atoms with Crippen LogP contribution >= 0.6 is 0 Å². The number of nitrogens with one attached hydrogen (secondary N) is 1. The molecule has 1 rings (SSSR count). The summed E-state index contributed by atoms with van der Waals surface area (Å²) in [6.07, 6.45) is 0.930. The number of hydrogen-bond donors (Lipinski definition) is 1. The average molecular weight is 282 g/mol. The Morgan fingerprint density at radius 3 is 2.50 bits per heavy atom. The molecule has 0 saturated heterocycles. The zero-order valence-corrected chi connectivity index (χ0v) is 13.3. The molecule has 3 nitrogen and oxygen atoms in total. The van der Waals surface area contributed by atoms with Crippen LogP contribution in [0.1, 0.15) is 32.8 Å². The normalized spacial score (nSPS) is 11.9. The number of nitrogens with zero attached hydrogens (tertiary/aromatic N) is 1. The third kappa shape index (κ3) is 7.46. The molecule has 20 heavy (non-hydrogen) atoms. The van der Waals surface area contributed by atoms with Gasteiger partial charge in [0.15, 0.2) is 0 Å². The smallest absolute Gasteiger partial charge is 0.127 e. The maximum absolute atomic E-state index is 13.6. The van der Waals surface area contributed by atoms with Crippen LogP contribution in [-0.2, 0) is 6.54 Å². The van der Waals surface area contributed by atoms with Gasteiger partial charge in [0.05, 0.1) is 6.61 Å². The lowest BCUT2D eigenvalue weighted by atomic mass is 10.1. The summed E-state index contributed by atoms with van der Waals surface area (Å²) in [4.78, 5) is 2.10. The quantitative estimate of drug-likeness (QED) is 0.778. The van der Waals surface area contributed by atoms with Gasteiger partial charge < -0.3 is 15.0 Å². The van der Waals surface area contributed by atoms with Crippen molar-refractivity contribution in [2.24, 2.45) is 0 Å². The minimum absolute atomic E-state index is 0.0129. The minimum Gasteiger partial charge on any atom is -0.493 e. The van der Waals surface area contributed by atoms with E-state index in [2.05, 4.69) is 31.0 Å². The van der Waals surface area contributed by atoms with Gasteiger partial charge in [-0.25, -0.2) is 4.39 Å². The predicted octanol–water partition coefficient (Wildman–Crippen LogP) is 3.04. The van der Waals surface area contributed by atoms with Crippen LogP contribution in [0.5, 0.6) is 5.75 Å². The van der Waals surface area contributed by atoms with Crippen molar-refractivity contribution in [1.82, 2.24) is 10.2 Å². The van der Waals surface area contributed by atoms with E-state index in [1.165, 1.54) is 6.07 Å². The fourth-order valence-corrected chi connectivity index (χ4v) is 1.74. The first-order valence-electron chi connectivity index (χ1n) is 7.08. The van der Waals surface area contributed by atoms with E-state index in [-0.39, 0.29) is 11.4 Å². The number of ether oxygens (including phenoxy) is 1. The summed E-state index contributed by atoms with van der Waals surface area (Å²) in [5.41, 5.74) is 0.918. The fourth-order valence-electron chi connectivity index (χ4n) is 1.74. The molecule has 0 fully saturated rings. The molecule has 0 aliphatic carbocycles. The van der Waals surface area contributed by atoms with Crippen molar-refractivity contribution in [3.8, 4) is 5.75 Å². The summed E-state index contributed by atoms with van der Waals surface area (Å²) in [5, 5.41) is 3.35. The van der Waals surface area contributed by atoms with E-state index in [0.29, 0.717) is 18.9 Å². The molecule has 1 N–H and O–H groups in total. The van der Waals surface area contributed by atoms with Gasteiger partial charge in [-0.05, 0) is 59.0 Å². The predicted molar refractivity (Wildman–Crippen MR) is 81.7 cm³/mol. The summed E-state index contributed by atoms with van der Waals surface area (Å²) in [5.74, 6) is 0.357. The summed E-state index contributed by atoms with van der Waals surface area (Å²) < 4.78 is 19.2. The minimum atomic E-state index is -0.249. The Bertz CT molecular complexity index is 413. The van der Waals surface area contributed by atoms with Crippen LogP contribution in [-0.4, -0.2) is 37.7 Å². The Kier molecular flexibility index (Phi) is 6.43. The van der Waals surface area contributed by atoms with Crippen molar-refractivity contribution in [3.63, 3.8) is 0 Å². The Hall–Kier alpha value is -1.13. The lowest BCUT2D eigenvalue weighted by Gasteiger charge is -2.20. The van der Waals surface area contributed by atoms with Gasteiger partial charge in [0, 0.05) is 24.7 Å². The Morgan fingerprint density at radius 1 is 1.20 bits per heavy atom. The maximum Gasteiger partial charge on any atom is 0.127 e. The summed E-state index contributed by atoms with van der Waals surface area (Å²) in [6.45, 7) is 8.47. The number of hydrogen-bond acceptors (Lipinski definition) is 3. The van der Waals surface area contributed by atoms with Gasteiger partial charge in [0.25, 0.3) is 0 Å². The molecule has 0 radical (unpaired) electrons. The summed E-state index contributed by atoms with van der Waals surface area (Å²) in [7, 11) is 4.05. The molecular formula is C16H27FN2O. The Labute approximate surface area is 122 Å². The molecule has 1 aromatic carbocycles. The summed E-state index contributed by atoms with van der Waals surface area (Å²) >= 11 is 0. The van der Waals surface area contributed by atoms with E-state index in [0.717, 1.165) is 18.5 Å². The van der Waals surface area contributed by atoms with Gasteiger partial charge in [-0.15, -0.1) is 0 Å². The molecule has 4 heteroatoms. The molecule has 0 atom stereocenters. The van der Waals surface area contributed by atoms with Crippen molar-refractivity contribution in [2.75, 3.05) is 27.2 Å². The highest BCUT2D eigenvalue weighted by molar-refractivity contribution is 5.29. The Balaban J connectivity index is 2.53. The van der Waals surface area contributed by atoms with Gasteiger partial charge >= 0.3 is 0 Å². The van der Waals surface area contributed by atoms with E-state index in [4.69, 9.17) is 4.74 Å². The lowest BCUT2D eigenvalue weighted by molar-refractivity contribution is 0.280. The highest BCUT2D eigenvalue weighted by Gasteiger charge is 2.09. The van der Waals surface area contributed by atoms with E-state index < -0.39 is 0 Å². The van der Waals surface area contributed by atoms with Crippen LogP contribution in [0.3, 0.4) is 0 Å². The average Bonchev–Trinajstić information content (AvgIpc) is 2.30. The molecule has 0 aliphatic rings. The van der Waals surface area contributed by atoms with E-state index in [9.17, 15) is 4.39 Å². The molecule has 0 saturated carbocycles. The highest BCUT2D eigenvalue weighted by atomic mass is 19.1. The molecule has 0 bridgehead atoms. The van der Waals surface area contributed by atoms with Crippen LogP contribution in [0.4, 0.5) is 4.39 Å². The number of halogens is 1. The molecule has 0 aliphatic heterocycles.